The first kappa shape index (κ1) is 12.1. The van der Waals surface area contributed by atoms with Crippen LogP contribution < -0.4 is 0 Å². The summed E-state index contributed by atoms with van der Waals surface area (Å²) in [4.78, 5) is 6.21. The van der Waals surface area contributed by atoms with E-state index in [2.05, 4.69) is 10.1 Å². The second kappa shape index (κ2) is 5.23. The molecule has 1 N–H and O–H groups in total. The van der Waals surface area contributed by atoms with Gasteiger partial charge in [-0.15, -0.1) is 0 Å². The average Bonchev–Trinajstić information content (AvgIpc) is 2.50. The van der Waals surface area contributed by atoms with Gasteiger partial charge < -0.3 is 9.63 Å². The highest BCUT2D eigenvalue weighted by atomic mass is 16.5. The Balaban J connectivity index is 2.49. The number of aliphatic hydroxyl groups is 1. The minimum atomic E-state index is -0.341. The quantitative estimate of drug-likeness (QED) is 0.790. The van der Waals surface area contributed by atoms with Crippen molar-refractivity contribution < 1.29 is 9.63 Å². The molecule has 0 aliphatic carbocycles. The van der Waals surface area contributed by atoms with Crippen molar-refractivity contribution in [3.63, 3.8) is 0 Å². The van der Waals surface area contributed by atoms with Gasteiger partial charge in [-0.2, -0.15) is 4.98 Å². The van der Waals surface area contributed by atoms with Gasteiger partial charge in [0.1, 0.15) is 0 Å². The Bertz CT molecular complexity index is 297. The summed E-state index contributed by atoms with van der Waals surface area (Å²) >= 11 is 0. The topological polar surface area (TPSA) is 62.4 Å². The second-order valence-corrected chi connectivity index (χ2v) is 4.25. The predicted octanol–water partition coefficient (Wildman–Crippen LogP) is 1.01. The fourth-order valence-electron chi connectivity index (χ4n) is 1.32. The van der Waals surface area contributed by atoms with E-state index in [9.17, 15) is 5.11 Å². The van der Waals surface area contributed by atoms with Crippen LogP contribution in [0, 0.1) is 0 Å². The van der Waals surface area contributed by atoms with Crippen molar-refractivity contribution in [3.8, 4) is 0 Å². The molecular formula is C10H19N3O2. The monoisotopic (exact) mass is 213 g/mol. The molecule has 1 heterocycles. The van der Waals surface area contributed by atoms with Gasteiger partial charge in [0.2, 0.25) is 5.89 Å². The number of hydrogen-bond acceptors (Lipinski definition) is 5. The van der Waals surface area contributed by atoms with Crippen LogP contribution in [0.4, 0.5) is 0 Å². The van der Waals surface area contributed by atoms with Crippen LogP contribution in [0.5, 0.6) is 0 Å². The van der Waals surface area contributed by atoms with Crippen LogP contribution in [-0.2, 0) is 6.54 Å². The standard InChI is InChI=1S/C10H19N3O2/c1-7(2)10-11-9(12-15-10)6-13(4)5-8(3)14/h7-8,14H,5-6H2,1-4H3. The summed E-state index contributed by atoms with van der Waals surface area (Å²) < 4.78 is 5.08. The number of rotatable bonds is 5. The molecule has 0 radical (unpaired) electrons. The van der Waals surface area contributed by atoms with Gasteiger partial charge in [0, 0.05) is 12.5 Å². The summed E-state index contributed by atoms with van der Waals surface area (Å²) in [6.45, 7) is 6.98. The van der Waals surface area contributed by atoms with E-state index in [1.54, 1.807) is 6.92 Å². The molecule has 5 nitrogen and oxygen atoms in total. The van der Waals surface area contributed by atoms with E-state index < -0.39 is 0 Å². The zero-order valence-electron chi connectivity index (χ0n) is 9.77. The highest BCUT2D eigenvalue weighted by Gasteiger charge is 2.12. The zero-order chi connectivity index (χ0) is 11.4. The SMILES string of the molecule is CC(O)CN(C)Cc1noc(C(C)C)n1. The zero-order valence-corrected chi connectivity index (χ0v) is 9.77. The first-order chi connectivity index (χ1) is 6.99. The van der Waals surface area contributed by atoms with E-state index in [4.69, 9.17) is 4.52 Å². The van der Waals surface area contributed by atoms with Crippen molar-refractivity contribution >= 4 is 0 Å². The predicted molar refractivity (Wildman–Crippen MR) is 56.4 cm³/mol. The Morgan fingerprint density at radius 1 is 1.40 bits per heavy atom. The third-order valence-electron chi connectivity index (χ3n) is 1.96. The average molecular weight is 213 g/mol. The lowest BCUT2D eigenvalue weighted by atomic mass is 10.2. The largest absolute Gasteiger partial charge is 0.392 e. The summed E-state index contributed by atoms with van der Waals surface area (Å²) in [6, 6.07) is 0. The van der Waals surface area contributed by atoms with Crippen molar-refractivity contribution in [1.82, 2.24) is 15.0 Å². The molecule has 1 aromatic rings. The van der Waals surface area contributed by atoms with Crippen molar-refractivity contribution in [3.05, 3.63) is 11.7 Å². The van der Waals surface area contributed by atoms with Crippen LogP contribution in [0.15, 0.2) is 4.52 Å². The van der Waals surface area contributed by atoms with Crippen LogP contribution in [-0.4, -0.2) is 39.8 Å². The van der Waals surface area contributed by atoms with Gasteiger partial charge >= 0.3 is 0 Å². The maximum absolute atomic E-state index is 9.19. The Morgan fingerprint density at radius 2 is 2.07 bits per heavy atom. The lowest BCUT2D eigenvalue weighted by Gasteiger charge is -2.15. The Kier molecular flexibility index (Phi) is 4.23. The fraction of sp³-hybridized carbons (Fsp3) is 0.800. The molecule has 5 heteroatoms. The normalized spacial score (nSPS) is 13.8. The van der Waals surface area contributed by atoms with Gasteiger partial charge in [-0.25, -0.2) is 0 Å². The van der Waals surface area contributed by atoms with E-state index in [0.717, 1.165) is 0 Å². The lowest BCUT2D eigenvalue weighted by Crippen LogP contribution is -2.27. The Labute approximate surface area is 90.1 Å². The van der Waals surface area contributed by atoms with Crippen LogP contribution >= 0.6 is 0 Å². The molecule has 86 valence electrons. The molecule has 0 aliphatic rings. The first-order valence-electron chi connectivity index (χ1n) is 5.18. The van der Waals surface area contributed by atoms with E-state index in [1.165, 1.54) is 0 Å². The number of nitrogens with zero attached hydrogens (tertiary/aromatic N) is 3. The summed E-state index contributed by atoms with van der Waals surface area (Å²) in [5, 5.41) is 13.1. The third kappa shape index (κ3) is 3.97. The molecule has 0 aliphatic heterocycles. The molecule has 0 saturated heterocycles. The van der Waals surface area contributed by atoms with E-state index in [0.29, 0.717) is 24.8 Å². The number of aliphatic hydroxyl groups excluding tert-OH is 1. The maximum Gasteiger partial charge on any atom is 0.229 e. The first-order valence-corrected chi connectivity index (χ1v) is 5.18. The second-order valence-electron chi connectivity index (χ2n) is 4.25. The fourth-order valence-corrected chi connectivity index (χ4v) is 1.32. The van der Waals surface area contributed by atoms with Gasteiger partial charge in [-0.05, 0) is 14.0 Å². The smallest absolute Gasteiger partial charge is 0.229 e. The van der Waals surface area contributed by atoms with E-state index >= 15 is 0 Å². The number of hydrogen-bond donors (Lipinski definition) is 1. The highest BCUT2D eigenvalue weighted by molar-refractivity contribution is 4.90. The van der Waals surface area contributed by atoms with Crippen molar-refractivity contribution in [1.29, 1.82) is 0 Å². The van der Waals surface area contributed by atoms with Crippen LogP contribution in [0.25, 0.3) is 0 Å². The summed E-state index contributed by atoms with van der Waals surface area (Å²) in [6.07, 6.45) is -0.341. The molecule has 1 aromatic heterocycles. The molecule has 0 amide bonds. The molecule has 1 unspecified atom stereocenters. The van der Waals surface area contributed by atoms with Gasteiger partial charge in [0.25, 0.3) is 0 Å². The molecular weight excluding hydrogens is 194 g/mol. The summed E-state index contributed by atoms with van der Waals surface area (Å²) in [5.41, 5.74) is 0. The third-order valence-corrected chi connectivity index (χ3v) is 1.96. The van der Waals surface area contributed by atoms with Gasteiger partial charge in [0.05, 0.1) is 12.6 Å². The molecule has 1 rings (SSSR count). The molecule has 0 spiro atoms. The van der Waals surface area contributed by atoms with E-state index in [-0.39, 0.29) is 12.0 Å². The Morgan fingerprint density at radius 3 is 2.53 bits per heavy atom. The summed E-state index contributed by atoms with van der Waals surface area (Å²) in [5.74, 6) is 1.59. The van der Waals surface area contributed by atoms with Crippen molar-refractivity contribution in [2.45, 2.75) is 39.3 Å². The molecule has 0 bridgehead atoms. The molecule has 0 fully saturated rings. The van der Waals surface area contributed by atoms with Crippen molar-refractivity contribution in [2.24, 2.45) is 0 Å². The Hall–Kier alpha value is -0.940. The van der Waals surface area contributed by atoms with Gasteiger partial charge in [-0.1, -0.05) is 19.0 Å². The molecule has 15 heavy (non-hydrogen) atoms. The van der Waals surface area contributed by atoms with Gasteiger partial charge in [0.15, 0.2) is 5.82 Å². The highest BCUT2D eigenvalue weighted by Crippen LogP contribution is 2.11. The van der Waals surface area contributed by atoms with E-state index in [1.807, 2.05) is 25.8 Å². The van der Waals surface area contributed by atoms with Crippen LogP contribution in [0.3, 0.4) is 0 Å². The molecule has 0 aromatic carbocycles. The molecule has 0 saturated carbocycles. The lowest BCUT2D eigenvalue weighted by molar-refractivity contribution is 0.136. The number of aromatic nitrogens is 2. The molecule has 1 atom stereocenters. The maximum atomic E-state index is 9.19. The minimum Gasteiger partial charge on any atom is -0.392 e. The summed E-state index contributed by atoms with van der Waals surface area (Å²) in [7, 11) is 1.91. The van der Waals surface area contributed by atoms with Crippen molar-refractivity contribution in [2.75, 3.05) is 13.6 Å². The van der Waals surface area contributed by atoms with Gasteiger partial charge in [-0.3, -0.25) is 4.90 Å². The van der Waals surface area contributed by atoms with Crippen LogP contribution in [0.1, 0.15) is 38.4 Å². The van der Waals surface area contributed by atoms with Crippen LogP contribution in [0.2, 0.25) is 0 Å². The number of likely N-dealkylation sites (N-methyl/N-ethyl adjacent to an activating group) is 1. The minimum absolute atomic E-state index is 0.258.